The Morgan fingerprint density at radius 1 is 1.19 bits per heavy atom. The number of sulfonamides is 1. The molecular formula is C22H22N4O4S. The minimum Gasteiger partial charge on any atom is -0.485 e. The molecule has 31 heavy (non-hydrogen) atoms. The normalized spacial score (nSPS) is 15.4. The summed E-state index contributed by atoms with van der Waals surface area (Å²) in [4.78, 5) is 21.1. The van der Waals surface area contributed by atoms with Crippen LogP contribution < -0.4 is 14.4 Å². The minimum atomic E-state index is -3.38. The lowest BCUT2D eigenvalue weighted by Gasteiger charge is -2.21. The van der Waals surface area contributed by atoms with E-state index >= 15 is 0 Å². The molecule has 0 radical (unpaired) electrons. The van der Waals surface area contributed by atoms with Gasteiger partial charge in [0.25, 0.3) is 5.91 Å². The van der Waals surface area contributed by atoms with E-state index < -0.39 is 10.0 Å². The molecule has 1 unspecified atom stereocenters. The summed E-state index contributed by atoms with van der Waals surface area (Å²) in [7, 11) is -3.38. The molecule has 1 N–H and O–H groups in total. The molecule has 3 heterocycles. The number of hydrogen-bond donors (Lipinski definition) is 1. The van der Waals surface area contributed by atoms with Crippen molar-refractivity contribution in [2.75, 3.05) is 15.9 Å². The van der Waals surface area contributed by atoms with Crippen molar-refractivity contribution < 1.29 is 17.9 Å². The highest BCUT2D eigenvalue weighted by Crippen LogP contribution is 2.35. The molecule has 4 rings (SSSR count). The van der Waals surface area contributed by atoms with Crippen LogP contribution in [-0.2, 0) is 23.1 Å². The topological polar surface area (TPSA) is 101 Å². The standard InChI is InChI=1S/C22H22N4O4S/c1-15-12-18-13-17(5-6-19(18)26(15)31(2,28)29)22(27)25-21-20(4-3-9-24-21)30-14-16-7-10-23-11-8-16/h3-11,13,15H,12,14H2,1-2H3,(H,24,25,27). The Labute approximate surface area is 181 Å². The van der Waals surface area contributed by atoms with E-state index in [1.807, 2.05) is 19.1 Å². The molecule has 1 amide bonds. The van der Waals surface area contributed by atoms with Crippen LogP contribution in [0, 0.1) is 0 Å². The summed E-state index contributed by atoms with van der Waals surface area (Å²) in [5.41, 5.74) is 2.80. The first kappa shape index (κ1) is 20.8. The summed E-state index contributed by atoms with van der Waals surface area (Å²) >= 11 is 0. The van der Waals surface area contributed by atoms with Crippen LogP contribution >= 0.6 is 0 Å². The first-order valence-electron chi connectivity index (χ1n) is 9.73. The predicted octanol–water partition coefficient (Wildman–Crippen LogP) is 3.02. The molecule has 9 heteroatoms. The number of carbonyl (C=O) groups excluding carboxylic acids is 1. The van der Waals surface area contributed by atoms with Crippen LogP contribution in [0.4, 0.5) is 11.5 Å². The molecule has 1 aliphatic rings. The second-order valence-electron chi connectivity index (χ2n) is 7.40. The summed E-state index contributed by atoms with van der Waals surface area (Å²) in [6.45, 7) is 2.16. The molecule has 8 nitrogen and oxygen atoms in total. The highest BCUT2D eigenvalue weighted by molar-refractivity contribution is 7.92. The van der Waals surface area contributed by atoms with Crippen molar-refractivity contribution in [1.29, 1.82) is 0 Å². The number of anilines is 2. The molecule has 1 aliphatic heterocycles. The van der Waals surface area contributed by atoms with Gasteiger partial charge in [0.05, 0.1) is 11.9 Å². The summed E-state index contributed by atoms with van der Waals surface area (Å²) in [6, 6.07) is 12.0. The van der Waals surface area contributed by atoms with Gasteiger partial charge in [0.15, 0.2) is 11.6 Å². The molecule has 0 bridgehead atoms. The lowest BCUT2D eigenvalue weighted by molar-refractivity contribution is 0.102. The Morgan fingerprint density at radius 3 is 2.71 bits per heavy atom. The van der Waals surface area contributed by atoms with Gasteiger partial charge in [0.1, 0.15) is 6.61 Å². The number of ether oxygens (including phenoxy) is 1. The summed E-state index contributed by atoms with van der Waals surface area (Å²) in [5, 5.41) is 2.79. The Hall–Kier alpha value is -3.46. The van der Waals surface area contributed by atoms with Crippen molar-refractivity contribution in [3.05, 3.63) is 77.7 Å². The number of aromatic nitrogens is 2. The van der Waals surface area contributed by atoms with Gasteiger partial charge in [-0.3, -0.25) is 14.1 Å². The van der Waals surface area contributed by atoms with Crippen molar-refractivity contribution in [3.63, 3.8) is 0 Å². The summed E-state index contributed by atoms with van der Waals surface area (Å²) in [5.74, 6) is 0.416. The third-order valence-corrected chi connectivity index (χ3v) is 6.27. The van der Waals surface area contributed by atoms with Gasteiger partial charge in [0.2, 0.25) is 10.0 Å². The van der Waals surface area contributed by atoms with Gasteiger partial charge in [-0.25, -0.2) is 13.4 Å². The van der Waals surface area contributed by atoms with E-state index in [2.05, 4.69) is 15.3 Å². The monoisotopic (exact) mass is 438 g/mol. The number of benzene rings is 1. The van der Waals surface area contributed by atoms with Gasteiger partial charge in [-0.2, -0.15) is 0 Å². The molecule has 1 atom stereocenters. The number of pyridine rings is 2. The zero-order chi connectivity index (χ0) is 22.0. The van der Waals surface area contributed by atoms with Crippen molar-refractivity contribution in [3.8, 4) is 5.75 Å². The van der Waals surface area contributed by atoms with E-state index in [-0.39, 0.29) is 11.9 Å². The number of fused-ring (bicyclic) bond motifs is 1. The number of rotatable bonds is 6. The molecule has 0 fully saturated rings. The van der Waals surface area contributed by atoms with Gasteiger partial charge >= 0.3 is 0 Å². The van der Waals surface area contributed by atoms with Crippen LogP contribution in [-0.4, -0.2) is 36.6 Å². The van der Waals surface area contributed by atoms with Gasteiger partial charge in [-0.15, -0.1) is 0 Å². The van der Waals surface area contributed by atoms with Crippen LogP contribution in [0.25, 0.3) is 0 Å². The summed E-state index contributed by atoms with van der Waals surface area (Å²) < 4.78 is 31.4. The zero-order valence-electron chi connectivity index (χ0n) is 17.1. The summed E-state index contributed by atoms with van der Waals surface area (Å²) in [6.07, 6.45) is 6.68. The predicted molar refractivity (Wildman–Crippen MR) is 118 cm³/mol. The number of carbonyl (C=O) groups is 1. The van der Waals surface area contributed by atoms with E-state index in [9.17, 15) is 13.2 Å². The second kappa shape index (κ2) is 8.35. The molecule has 0 saturated heterocycles. The SMILES string of the molecule is CC1Cc2cc(C(=O)Nc3ncccc3OCc3ccncc3)ccc2N1S(C)(=O)=O. The average molecular weight is 439 g/mol. The van der Waals surface area contributed by atoms with Gasteiger partial charge in [0, 0.05) is 30.2 Å². The number of amides is 1. The van der Waals surface area contributed by atoms with Crippen molar-refractivity contribution in [2.24, 2.45) is 0 Å². The fraction of sp³-hybridized carbons (Fsp3) is 0.227. The molecule has 3 aromatic rings. The highest BCUT2D eigenvalue weighted by atomic mass is 32.2. The quantitative estimate of drug-likeness (QED) is 0.635. The van der Waals surface area contributed by atoms with Crippen molar-refractivity contribution in [1.82, 2.24) is 9.97 Å². The first-order chi connectivity index (χ1) is 14.8. The Kier molecular flexibility index (Phi) is 5.60. The zero-order valence-corrected chi connectivity index (χ0v) is 18.0. The maximum atomic E-state index is 12.9. The average Bonchev–Trinajstić information content (AvgIpc) is 3.09. The minimum absolute atomic E-state index is 0.188. The Balaban J connectivity index is 1.52. The largest absolute Gasteiger partial charge is 0.485 e. The van der Waals surface area contributed by atoms with Crippen molar-refractivity contribution in [2.45, 2.75) is 26.0 Å². The molecule has 0 aliphatic carbocycles. The van der Waals surface area contributed by atoms with E-state index in [1.165, 1.54) is 10.6 Å². The van der Waals surface area contributed by atoms with E-state index in [0.717, 1.165) is 11.1 Å². The van der Waals surface area contributed by atoms with Crippen LogP contribution in [0.5, 0.6) is 5.75 Å². The van der Waals surface area contributed by atoms with Crippen LogP contribution in [0.3, 0.4) is 0 Å². The highest BCUT2D eigenvalue weighted by Gasteiger charge is 2.32. The number of hydrogen-bond acceptors (Lipinski definition) is 6. The molecule has 0 spiro atoms. The molecule has 0 saturated carbocycles. The van der Waals surface area contributed by atoms with Crippen molar-refractivity contribution >= 4 is 27.4 Å². The number of nitrogens with zero attached hydrogens (tertiary/aromatic N) is 3. The molecule has 160 valence electrons. The van der Waals surface area contributed by atoms with E-state index in [1.54, 1.807) is 48.9 Å². The van der Waals surface area contributed by atoms with E-state index in [0.29, 0.717) is 35.8 Å². The van der Waals surface area contributed by atoms with Crippen LogP contribution in [0.1, 0.15) is 28.4 Å². The molecule has 1 aromatic carbocycles. The fourth-order valence-electron chi connectivity index (χ4n) is 3.67. The lowest BCUT2D eigenvalue weighted by atomic mass is 10.1. The third kappa shape index (κ3) is 4.51. The number of nitrogens with one attached hydrogen (secondary N) is 1. The molecule has 2 aromatic heterocycles. The Morgan fingerprint density at radius 2 is 1.97 bits per heavy atom. The third-order valence-electron chi connectivity index (χ3n) is 5.00. The van der Waals surface area contributed by atoms with Gasteiger partial charge in [-0.05, 0) is 66.9 Å². The van der Waals surface area contributed by atoms with Crippen LogP contribution in [0.2, 0.25) is 0 Å². The lowest BCUT2D eigenvalue weighted by Crippen LogP contribution is -2.34. The smallest absolute Gasteiger partial charge is 0.256 e. The van der Waals surface area contributed by atoms with Gasteiger partial charge < -0.3 is 10.1 Å². The fourth-order valence-corrected chi connectivity index (χ4v) is 4.93. The van der Waals surface area contributed by atoms with Crippen LogP contribution in [0.15, 0.2) is 61.1 Å². The van der Waals surface area contributed by atoms with Gasteiger partial charge in [-0.1, -0.05) is 0 Å². The molecular weight excluding hydrogens is 416 g/mol. The van der Waals surface area contributed by atoms with E-state index in [4.69, 9.17) is 4.74 Å². The Bertz CT molecular complexity index is 1220. The first-order valence-corrected chi connectivity index (χ1v) is 11.6. The second-order valence-corrected chi connectivity index (χ2v) is 9.26. The maximum Gasteiger partial charge on any atom is 0.256 e. The maximum absolute atomic E-state index is 12.9.